The summed E-state index contributed by atoms with van der Waals surface area (Å²) in [6.45, 7) is 8.07. The first-order valence-corrected chi connectivity index (χ1v) is 6.22. The fourth-order valence-electron chi connectivity index (χ4n) is 2.25. The molecule has 3 heteroatoms. The van der Waals surface area contributed by atoms with Crippen molar-refractivity contribution in [3.63, 3.8) is 0 Å². The molecule has 0 amide bonds. The number of Topliss-reactive ketones (excluding diaryl/α,β-unsaturated/α-hetero) is 1. The lowest BCUT2D eigenvalue weighted by atomic mass is 10.1. The molecule has 0 aromatic carbocycles. The second kappa shape index (κ2) is 4.06. The van der Waals surface area contributed by atoms with Gasteiger partial charge < -0.3 is 0 Å². The molecule has 0 spiro atoms. The molecule has 1 saturated heterocycles. The van der Waals surface area contributed by atoms with Crippen LogP contribution >= 0.6 is 11.3 Å². The molecule has 1 fully saturated rings. The first-order valence-electron chi connectivity index (χ1n) is 5.40. The minimum absolute atomic E-state index is 0.381. The number of hydrogen-bond donors (Lipinski definition) is 0. The largest absolute Gasteiger partial charge is 0.298 e. The molecule has 1 aliphatic rings. The molecule has 15 heavy (non-hydrogen) atoms. The summed E-state index contributed by atoms with van der Waals surface area (Å²) in [6.07, 6.45) is 0.729. The van der Waals surface area contributed by atoms with Crippen LogP contribution < -0.4 is 0 Å². The van der Waals surface area contributed by atoms with E-state index in [0.717, 1.165) is 13.0 Å². The minimum atomic E-state index is 0.381. The van der Waals surface area contributed by atoms with E-state index in [-0.39, 0.29) is 0 Å². The average molecular weight is 223 g/mol. The quantitative estimate of drug-likeness (QED) is 0.768. The van der Waals surface area contributed by atoms with Crippen molar-refractivity contribution in [3.8, 4) is 0 Å². The van der Waals surface area contributed by atoms with Gasteiger partial charge in [-0.2, -0.15) is 0 Å². The number of carbonyl (C=O) groups is 1. The smallest absolute Gasteiger partial charge is 0.148 e. The Labute approximate surface area is 94.9 Å². The van der Waals surface area contributed by atoms with E-state index in [2.05, 4.69) is 31.7 Å². The van der Waals surface area contributed by atoms with Crippen molar-refractivity contribution in [2.24, 2.45) is 0 Å². The Morgan fingerprint density at radius 3 is 2.67 bits per heavy atom. The number of nitrogens with zero attached hydrogens (tertiary/aromatic N) is 1. The van der Waals surface area contributed by atoms with Crippen LogP contribution in [-0.2, 0) is 4.79 Å². The van der Waals surface area contributed by atoms with Crippen LogP contribution in [-0.4, -0.2) is 23.8 Å². The predicted molar refractivity (Wildman–Crippen MR) is 63.4 cm³/mol. The summed E-state index contributed by atoms with van der Waals surface area (Å²) in [6, 6.07) is 2.65. The number of ketones is 1. The van der Waals surface area contributed by atoms with Crippen LogP contribution in [0, 0.1) is 13.8 Å². The van der Waals surface area contributed by atoms with Crippen LogP contribution in [0.4, 0.5) is 0 Å². The van der Waals surface area contributed by atoms with Gasteiger partial charge in [-0.1, -0.05) is 0 Å². The number of aryl methyl sites for hydroxylation is 2. The molecule has 0 N–H and O–H groups in total. The van der Waals surface area contributed by atoms with Crippen LogP contribution in [0.2, 0.25) is 0 Å². The van der Waals surface area contributed by atoms with Crippen molar-refractivity contribution in [2.45, 2.75) is 33.2 Å². The highest BCUT2D eigenvalue weighted by atomic mass is 32.1. The van der Waals surface area contributed by atoms with Gasteiger partial charge in [-0.25, -0.2) is 0 Å². The normalized spacial score (nSPS) is 19.8. The van der Waals surface area contributed by atoms with Gasteiger partial charge in [0.2, 0.25) is 0 Å². The number of hydrogen-bond acceptors (Lipinski definition) is 3. The third kappa shape index (κ3) is 2.13. The second-order valence-electron chi connectivity index (χ2n) is 4.30. The van der Waals surface area contributed by atoms with E-state index in [1.807, 2.05) is 11.3 Å². The van der Waals surface area contributed by atoms with Gasteiger partial charge in [-0.3, -0.25) is 9.69 Å². The van der Waals surface area contributed by atoms with E-state index < -0.39 is 0 Å². The zero-order valence-corrected chi connectivity index (χ0v) is 10.4. The summed E-state index contributed by atoms with van der Waals surface area (Å²) >= 11 is 1.85. The van der Waals surface area contributed by atoms with Gasteiger partial charge in [-0.05, 0) is 32.4 Å². The van der Waals surface area contributed by atoms with E-state index in [1.54, 1.807) is 0 Å². The lowest BCUT2D eigenvalue weighted by molar-refractivity contribution is -0.117. The third-order valence-corrected chi connectivity index (χ3v) is 4.12. The average Bonchev–Trinajstić information content (AvgIpc) is 2.71. The van der Waals surface area contributed by atoms with Crippen molar-refractivity contribution in [1.29, 1.82) is 0 Å². The molecular formula is C12H17NOS. The molecule has 1 atom stereocenters. The Balaban J connectivity index is 2.17. The van der Waals surface area contributed by atoms with Gasteiger partial charge in [0.25, 0.3) is 0 Å². The molecule has 0 bridgehead atoms. The highest BCUT2D eigenvalue weighted by Crippen LogP contribution is 2.31. The van der Waals surface area contributed by atoms with Crippen molar-refractivity contribution in [3.05, 3.63) is 21.4 Å². The number of likely N-dealkylation sites (tertiary alicyclic amines) is 1. The van der Waals surface area contributed by atoms with Gasteiger partial charge in [-0.15, -0.1) is 11.3 Å². The fraction of sp³-hybridized carbons (Fsp3) is 0.583. The Kier molecular flexibility index (Phi) is 2.94. The Morgan fingerprint density at radius 2 is 2.20 bits per heavy atom. The van der Waals surface area contributed by atoms with Crippen LogP contribution in [0.1, 0.15) is 34.7 Å². The van der Waals surface area contributed by atoms with E-state index in [4.69, 9.17) is 0 Å². The maximum absolute atomic E-state index is 11.2. The molecule has 2 nitrogen and oxygen atoms in total. The molecule has 0 aliphatic carbocycles. The molecule has 0 saturated carbocycles. The van der Waals surface area contributed by atoms with E-state index >= 15 is 0 Å². The summed E-state index contributed by atoms with van der Waals surface area (Å²) in [4.78, 5) is 16.3. The van der Waals surface area contributed by atoms with Crippen LogP contribution in [0.3, 0.4) is 0 Å². The third-order valence-electron chi connectivity index (χ3n) is 3.13. The molecule has 1 aliphatic heterocycles. The molecule has 1 unspecified atom stereocenters. The van der Waals surface area contributed by atoms with Crippen LogP contribution in [0.15, 0.2) is 6.07 Å². The van der Waals surface area contributed by atoms with Crippen molar-refractivity contribution < 1.29 is 4.79 Å². The molecule has 1 aromatic rings. The van der Waals surface area contributed by atoms with Gasteiger partial charge in [0, 0.05) is 28.8 Å². The Hall–Kier alpha value is -0.670. The predicted octanol–water partition coefficient (Wildman–Crippen LogP) is 2.70. The Morgan fingerprint density at radius 1 is 1.47 bits per heavy atom. The monoisotopic (exact) mass is 223 g/mol. The van der Waals surface area contributed by atoms with Gasteiger partial charge >= 0.3 is 0 Å². The fourth-order valence-corrected chi connectivity index (χ4v) is 3.26. The SMILES string of the molecule is Cc1cc(C(C)N2CCC(=O)C2)c(C)s1. The highest BCUT2D eigenvalue weighted by Gasteiger charge is 2.25. The van der Waals surface area contributed by atoms with Crippen molar-refractivity contribution in [2.75, 3.05) is 13.1 Å². The molecule has 2 rings (SSSR count). The van der Waals surface area contributed by atoms with Gasteiger partial charge in [0.05, 0.1) is 6.54 Å². The zero-order valence-electron chi connectivity index (χ0n) is 9.54. The summed E-state index contributed by atoms with van der Waals surface area (Å²) < 4.78 is 0. The first kappa shape index (κ1) is 10.8. The topological polar surface area (TPSA) is 20.3 Å². The maximum Gasteiger partial charge on any atom is 0.148 e. The lowest BCUT2D eigenvalue weighted by Crippen LogP contribution is -2.24. The molecule has 82 valence electrons. The molecule has 0 radical (unpaired) electrons. The molecule has 2 heterocycles. The first-order chi connectivity index (χ1) is 7.08. The van der Waals surface area contributed by atoms with Gasteiger partial charge in [0.15, 0.2) is 0 Å². The van der Waals surface area contributed by atoms with Gasteiger partial charge in [0.1, 0.15) is 5.78 Å². The summed E-state index contributed by atoms with van der Waals surface area (Å²) in [5, 5.41) is 0. The number of rotatable bonds is 2. The standard InChI is InChI=1S/C12H17NOS/c1-8-6-12(10(3)15-8)9(2)13-5-4-11(14)7-13/h6,9H,4-5,7H2,1-3H3. The minimum Gasteiger partial charge on any atom is -0.298 e. The molecular weight excluding hydrogens is 206 g/mol. The summed E-state index contributed by atoms with van der Waals surface area (Å²) in [5.74, 6) is 0.381. The molecule has 1 aromatic heterocycles. The van der Waals surface area contributed by atoms with Crippen molar-refractivity contribution >= 4 is 17.1 Å². The number of carbonyl (C=O) groups excluding carboxylic acids is 1. The van der Waals surface area contributed by atoms with Crippen LogP contribution in [0.5, 0.6) is 0 Å². The van der Waals surface area contributed by atoms with E-state index in [9.17, 15) is 4.79 Å². The highest BCUT2D eigenvalue weighted by molar-refractivity contribution is 7.12. The summed E-state index contributed by atoms with van der Waals surface area (Å²) in [5.41, 5.74) is 1.40. The zero-order chi connectivity index (χ0) is 11.0. The lowest BCUT2D eigenvalue weighted by Gasteiger charge is -2.22. The van der Waals surface area contributed by atoms with E-state index in [1.165, 1.54) is 15.3 Å². The van der Waals surface area contributed by atoms with Crippen molar-refractivity contribution in [1.82, 2.24) is 4.90 Å². The number of thiophene rings is 1. The maximum atomic E-state index is 11.2. The Bertz CT molecular complexity index is 383. The summed E-state index contributed by atoms with van der Waals surface area (Å²) in [7, 11) is 0. The second-order valence-corrected chi connectivity index (χ2v) is 5.76. The van der Waals surface area contributed by atoms with E-state index in [0.29, 0.717) is 18.4 Å². The van der Waals surface area contributed by atoms with Crippen LogP contribution in [0.25, 0.3) is 0 Å².